The van der Waals surface area contributed by atoms with Crippen molar-refractivity contribution in [3.63, 3.8) is 0 Å². The van der Waals surface area contributed by atoms with Crippen LogP contribution < -0.4 is 0 Å². The van der Waals surface area contributed by atoms with Crippen LogP contribution in [-0.2, 0) is 0 Å². The third-order valence-corrected chi connectivity index (χ3v) is 2.89. The van der Waals surface area contributed by atoms with Gasteiger partial charge in [0.15, 0.2) is 0 Å². The van der Waals surface area contributed by atoms with Gasteiger partial charge in [0.2, 0.25) is 0 Å². The second kappa shape index (κ2) is 3.74. The summed E-state index contributed by atoms with van der Waals surface area (Å²) in [5, 5.41) is 8.42. The van der Waals surface area contributed by atoms with E-state index >= 15 is 0 Å². The molecule has 0 aliphatic carbocycles. The van der Waals surface area contributed by atoms with Crippen molar-refractivity contribution in [1.29, 1.82) is 5.26 Å². The normalized spacial score (nSPS) is 12.5. The fraction of sp³-hybridized carbons (Fsp3) is 0.429. The van der Waals surface area contributed by atoms with Gasteiger partial charge in [-0.25, -0.2) is 0 Å². The van der Waals surface area contributed by atoms with E-state index in [1.807, 2.05) is 13.0 Å². The summed E-state index contributed by atoms with van der Waals surface area (Å²) in [5.41, 5.74) is 1.00. The third-order valence-electron chi connectivity index (χ3n) is 1.26. The molecule has 2 nitrogen and oxygen atoms in total. The third kappa shape index (κ3) is 2.21. The molecule has 1 heterocycles. The van der Waals surface area contributed by atoms with Gasteiger partial charge in [-0.3, -0.25) is 0 Å². The summed E-state index contributed by atoms with van der Waals surface area (Å²) in [6.45, 7) is 1.94. The maximum Gasteiger partial charge on any atom is 0.0637 e. The lowest BCUT2D eigenvalue weighted by Gasteiger charge is -1.98. The Labute approximate surface area is 75.4 Å². The fourth-order valence-corrected chi connectivity index (χ4v) is 1.76. The minimum atomic E-state index is 0.0335. The minimum Gasteiger partial charge on any atom is -0.198 e. The molecule has 0 spiro atoms. The van der Waals surface area contributed by atoms with Crippen LogP contribution >= 0.6 is 24.2 Å². The lowest BCUT2D eigenvalue weighted by Crippen LogP contribution is -1.82. The van der Waals surface area contributed by atoms with E-state index in [4.69, 9.17) is 5.26 Å². The summed E-state index contributed by atoms with van der Waals surface area (Å²) in [6.07, 6.45) is 0.449. The summed E-state index contributed by atoms with van der Waals surface area (Å²) in [7, 11) is 0. The lowest BCUT2D eigenvalue weighted by molar-refractivity contribution is 1.01. The Kier molecular flexibility index (Phi) is 2.92. The zero-order valence-corrected chi connectivity index (χ0v) is 7.82. The molecule has 0 saturated carbocycles. The molecule has 4 heteroatoms. The molecule has 0 aromatic carbocycles. The molecule has 58 valence electrons. The van der Waals surface area contributed by atoms with Crippen molar-refractivity contribution in [2.45, 2.75) is 18.6 Å². The fourth-order valence-electron chi connectivity index (χ4n) is 0.727. The first-order valence-electron chi connectivity index (χ1n) is 3.22. The number of aromatic nitrogens is 1. The van der Waals surface area contributed by atoms with E-state index < -0.39 is 0 Å². The molecule has 0 saturated heterocycles. The van der Waals surface area contributed by atoms with Gasteiger partial charge in [-0.05, 0) is 24.5 Å². The maximum atomic E-state index is 8.39. The quantitative estimate of drug-likeness (QED) is 0.716. The number of rotatable bonds is 2. The molecule has 1 aromatic heterocycles. The Balaban J connectivity index is 2.70. The van der Waals surface area contributed by atoms with Gasteiger partial charge in [0, 0.05) is 4.88 Å². The standard InChI is InChI=1S/C7H8N2S2/c1-5-4-7(11-9-5)6(10)2-3-8/h4,6,10H,2H2,1H3. The Morgan fingerprint density at radius 1 is 1.91 bits per heavy atom. The highest BCUT2D eigenvalue weighted by atomic mass is 32.1. The molecule has 0 fully saturated rings. The summed E-state index contributed by atoms with van der Waals surface area (Å²) in [5.74, 6) is 0. The van der Waals surface area contributed by atoms with E-state index in [9.17, 15) is 0 Å². The zero-order chi connectivity index (χ0) is 8.27. The van der Waals surface area contributed by atoms with Crippen molar-refractivity contribution >= 4 is 24.2 Å². The molecule has 1 unspecified atom stereocenters. The largest absolute Gasteiger partial charge is 0.198 e. The van der Waals surface area contributed by atoms with Crippen LogP contribution in [0.25, 0.3) is 0 Å². The molecule has 0 amide bonds. The Morgan fingerprint density at radius 3 is 3.09 bits per heavy atom. The number of nitriles is 1. The van der Waals surface area contributed by atoms with Crippen LogP contribution in [0.2, 0.25) is 0 Å². The van der Waals surface area contributed by atoms with Gasteiger partial charge in [0.25, 0.3) is 0 Å². The van der Waals surface area contributed by atoms with Crippen LogP contribution in [0, 0.1) is 18.3 Å². The predicted octanol–water partition coefficient (Wildman–Crippen LogP) is 2.34. The van der Waals surface area contributed by atoms with E-state index in [1.54, 1.807) is 0 Å². The van der Waals surface area contributed by atoms with E-state index in [2.05, 4.69) is 23.1 Å². The van der Waals surface area contributed by atoms with Crippen molar-refractivity contribution in [3.8, 4) is 6.07 Å². The highest BCUT2D eigenvalue weighted by Gasteiger charge is 2.08. The first-order chi connectivity index (χ1) is 5.24. The highest BCUT2D eigenvalue weighted by molar-refractivity contribution is 7.80. The molecule has 0 bridgehead atoms. The van der Waals surface area contributed by atoms with Crippen molar-refractivity contribution in [2.75, 3.05) is 0 Å². The summed E-state index contributed by atoms with van der Waals surface area (Å²) in [6, 6.07) is 4.05. The molecule has 0 N–H and O–H groups in total. The van der Waals surface area contributed by atoms with Crippen LogP contribution in [0.4, 0.5) is 0 Å². The molecular weight excluding hydrogens is 176 g/mol. The van der Waals surface area contributed by atoms with Crippen molar-refractivity contribution in [3.05, 3.63) is 16.6 Å². The van der Waals surface area contributed by atoms with Crippen LogP contribution in [0.3, 0.4) is 0 Å². The van der Waals surface area contributed by atoms with Crippen molar-refractivity contribution in [2.24, 2.45) is 0 Å². The Hall–Kier alpha value is -0.530. The lowest BCUT2D eigenvalue weighted by atomic mass is 10.2. The summed E-state index contributed by atoms with van der Waals surface area (Å²) >= 11 is 5.68. The molecule has 11 heavy (non-hydrogen) atoms. The van der Waals surface area contributed by atoms with E-state index in [0.717, 1.165) is 10.6 Å². The van der Waals surface area contributed by atoms with Crippen molar-refractivity contribution < 1.29 is 0 Å². The molecule has 1 aromatic rings. The number of nitrogens with zero attached hydrogens (tertiary/aromatic N) is 2. The Bertz CT molecular complexity index is 274. The number of thiol groups is 1. The van der Waals surface area contributed by atoms with E-state index in [-0.39, 0.29) is 5.25 Å². The van der Waals surface area contributed by atoms with E-state index in [1.165, 1.54) is 11.5 Å². The van der Waals surface area contributed by atoms with Gasteiger partial charge >= 0.3 is 0 Å². The Morgan fingerprint density at radius 2 is 2.64 bits per heavy atom. The highest BCUT2D eigenvalue weighted by Crippen LogP contribution is 2.26. The van der Waals surface area contributed by atoms with Crippen molar-refractivity contribution in [1.82, 2.24) is 4.37 Å². The zero-order valence-electron chi connectivity index (χ0n) is 6.11. The molecule has 0 aliphatic rings. The van der Waals surface area contributed by atoms with Crippen LogP contribution in [0.5, 0.6) is 0 Å². The SMILES string of the molecule is Cc1cc(C(S)CC#N)sn1. The van der Waals surface area contributed by atoms with E-state index in [0.29, 0.717) is 6.42 Å². The summed E-state index contributed by atoms with van der Waals surface area (Å²) < 4.78 is 4.10. The molecule has 0 aliphatic heterocycles. The maximum absolute atomic E-state index is 8.39. The number of hydrogen-bond acceptors (Lipinski definition) is 4. The monoisotopic (exact) mass is 184 g/mol. The second-order valence-electron chi connectivity index (χ2n) is 2.25. The minimum absolute atomic E-state index is 0.0335. The predicted molar refractivity (Wildman–Crippen MR) is 48.8 cm³/mol. The van der Waals surface area contributed by atoms with Gasteiger partial charge < -0.3 is 0 Å². The van der Waals surface area contributed by atoms with Gasteiger partial charge in [-0.15, -0.1) is 0 Å². The second-order valence-corrected chi connectivity index (χ2v) is 3.71. The molecule has 1 atom stereocenters. The van der Waals surface area contributed by atoms with Crippen LogP contribution in [0.15, 0.2) is 6.07 Å². The van der Waals surface area contributed by atoms with Gasteiger partial charge in [0.1, 0.15) is 0 Å². The average molecular weight is 184 g/mol. The first-order valence-corrected chi connectivity index (χ1v) is 4.51. The molecule has 1 rings (SSSR count). The smallest absolute Gasteiger partial charge is 0.0637 e. The number of aryl methyl sites for hydroxylation is 1. The molecule has 0 radical (unpaired) electrons. The number of hydrogen-bond donors (Lipinski definition) is 1. The summed E-state index contributed by atoms with van der Waals surface area (Å²) in [4.78, 5) is 1.08. The van der Waals surface area contributed by atoms with Gasteiger partial charge in [-0.1, -0.05) is 0 Å². The van der Waals surface area contributed by atoms with Crippen LogP contribution in [0.1, 0.15) is 22.2 Å². The topological polar surface area (TPSA) is 36.7 Å². The van der Waals surface area contributed by atoms with Gasteiger partial charge in [-0.2, -0.15) is 22.3 Å². The van der Waals surface area contributed by atoms with Gasteiger partial charge in [0.05, 0.1) is 23.4 Å². The molecular formula is C7H8N2S2. The van der Waals surface area contributed by atoms with Crippen LogP contribution in [-0.4, -0.2) is 4.37 Å². The average Bonchev–Trinajstić information content (AvgIpc) is 2.36. The first kappa shape index (κ1) is 8.57.